The Morgan fingerprint density at radius 2 is 1.53 bits per heavy atom. The normalized spacial score (nSPS) is 12.5. The number of rotatable bonds is 2. The molecule has 2 rings (SSSR count). The van der Waals surface area contributed by atoms with Crippen LogP contribution in [0.25, 0.3) is 0 Å². The van der Waals surface area contributed by atoms with Crippen LogP contribution in [0.4, 0.5) is 0 Å². The van der Waals surface area contributed by atoms with Gasteiger partial charge in [-0.15, -0.1) is 0 Å². The summed E-state index contributed by atoms with van der Waals surface area (Å²) in [5.74, 6) is 0. The van der Waals surface area contributed by atoms with Crippen molar-refractivity contribution in [1.29, 1.82) is 0 Å². The van der Waals surface area contributed by atoms with Gasteiger partial charge in [-0.05, 0) is 47.9 Å². The monoisotopic (exact) mass is 265 g/mol. The summed E-state index contributed by atoms with van der Waals surface area (Å²) < 4.78 is 0. The van der Waals surface area contributed by atoms with E-state index in [1.165, 1.54) is 0 Å². The third kappa shape index (κ3) is 2.81. The summed E-state index contributed by atoms with van der Waals surface area (Å²) in [4.78, 5) is 0. The van der Waals surface area contributed by atoms with Gasteiger partial charge < -0.3 is 5.73 Å². The zero-order chi connectivity index (χ0) is 12.4. The molecule has 1 unspecified atom stereocenters. The van der Waals surface area contributed by atoms with E-state index in [0.29, 0.717) is 5.02 Å². The van der Waals surface area contributed by atoms with Crippen molar-refractivity contribution >= 4 is 23.2 Å². The molecule has 0 bridgehead atoms. The number of aryl methyl sites for hydroxylation is 1. The molecule has 0 saturated heterocycles. The van der Waals surface area contributed by atoms with Gasteiger partial charge in [0.25, 0.3) is 0 Å². The molecule has 1 atom stereocenters. The molecule has 0 saturated carbocycles. The van der Waals surface area contributed by atoms with E-state index in [4.69, 9.17) is 28.9 Å². The lowest BCUT2D eigenvalue weighted by Gasteiger charge is -2.15. The van der Waals surface area contributed by atoms with Gasteiger partial charge in [-0.3, -0.25) is 0 Å². The fourth-order valence-corrected chi connectivity index (χ4v) is 2.19. The van der Waals surface area contributed by atoms with Gasteiger partial charge in [0.05, 0.1) is 6.04 Å². The summed E-state index contributed by atoms with van der Waals surface area (Å²) in [7, 11) is 0. The minimum atomic E-state index is -0.149. The number of benzene rings is 2. The molecule has 0 amide bonds. The Labute approximate surface area is 111 Å². The summed E-state index contributed by atoms with van der Waals surface area (Å²) in [6.45, 7) is 2.01. The van der Waals surface area contributed by atoms with Crippen molar-refractivity contribution in [3.63, 3.8) is 0 Å². The zero-order valence-electron chi connectivity index (χ0n) is 9.45. The molecule has 0 aliphatic rings. The van der Waals surface area contributed by atoms with Crippen molar-refractivity contribution in [2.45, 2.75) is 13.0 Å². The Morgan fingerprint density at radius 3 is 2.12 bits per heavy atom. The smallest absolute Gasteiger partial charge is 0.0554 e. The highest BCUT2D eigenvalue weighted by molar-refractivity contribution is 6.30. The molecule has 0 spiro atoms. The standard InChI is InChI=1S/C14H13Cl2N/c1-9-8-12(16)6-7-13(9)14(17)10-2-4-11(15)5-3-10/h2-8,14H,17H2,1H3. The first kappa shape index (κ1) is 12.4. The van der Waals surface area contributed by atoms with Crippen LogP contribution in [0, 0.1) is 6.92 Å². The molecule has 2 N–H and O–H groups in total. The molecule has 88 valence electrons. The molecular weight excluding hydrogens is 253 g/mol. The van der Waals surface area contributed by atoms with Gasteiger partial charge in [0.15, 0.2) is 0 Å². The fraction of sp³-hybridized carbons (Fsp3) is 0.143. The molecule has 3 heteroatoms. The summed E-state index contributed by atoms with van der Waals surface area (Å²) in [5, 5.41) is 1.45. The predicted molar refractivity (Wildman–Crippen MR) is 73.7 cm³/mol. The van der Waals surface area contributed by atoms with E-state index in [1.807, 2.05) is 49.4 Å². The van der Waals surface area contributed by atoms with Crippen LogP contribution in [0.15, 0.2) is 42.5 Å². The molecule has 2 aromatic rings. The van der Waals surface area contributed by atoms with E-state index in [1.54, 1.807) is 0 Å². The Kier molecular flexibility index (Phi) is 3.72. The van der Waals surface area contributed by atoms with Crippen molar-refractivity contribution in [3.05, 3.63) is 69.2 Å². The quantitative estimate of drug-likeness (QED) is 0.859. The van der Waals surface area contributed by atoms with E-state index in [0.717, 1.165) is 21.7 Å². The van der Waals surface area contributed by atoms with Crippen LogP contribution in [0.5, 0.6) is 0 Å². The summed E-state index contributed by atoms with van der Waals surface area (Å²) >= 11 is 11.8. The maximum atomic E-state index is 6.23. The van der Waals surface area contributed by atoms with Crippen LogP contribution in [-0.4, -0.2) is 0 Å². The summed E-state index contributed by atoms with van der Waals surface area (Å²) in [6.07, 6.45) is 0. The SMILES string of the molecule is Cc1cc(Cl)ccc1C(N)c1ccc(Cl)cc1. The Balaban J connectivity index is 2.36. The van der Waals surface area contributed by atoms with Crippen molar-refractivity contribution in [3.8, 4) is 0 Å². The molecule has 0 heterocycles. The highest BCUT2D eigenvalue weighted by atomic mass is 35.5. The molecule has 2 aromatic carbocycles. The fourth-order valence-electron chi connectivity index (χ4n) is 1.84. The third-order valence-corrected chi connectivity index (χ3v) is 3.28. The van der Waals surface area contributed by atoms with E-state index < -0.39 is 0 Å². The van der Waals surface area contributed by atoms with Gasteiger partial charge in [0, 0.05) is 10.0 Å². The van der Waals surface area contributed by atoms with Crippen LogP contribution in [0.3, 0.4) is 0 Å². The van der Waals surface area contributed by atoms with Gasteiger partial charge in [0.1, 0.15) is 0 Å². The molecule has 1 nitrogen and oxygen atoms in total. The Bertz CT molecular complexity index is 520. The lowest BCUT2D eigenvalue weighted by Crippen LogP contribution is -2.13. The first-order valence-corrected chi connectivity index (χ1v) is 6.10. The van der Waals surface area contributed by atoms with Crippen molar-refractivity contribution in [2.24, 2.45) is 5.73 Å². The average Bonchev–Trinajstić information content (AvgIpc) is 2.29. The van der Waals surface area contributed by atoms with Crippen LogP contribution in [-0.2, 0) is 0 Å². The number of hydrogen-bond acceptors (Lipinski definition) is 1. The van der Waals surface area contributed by atoms with Gasteiger partial charge in [0.2, 0.25) is 0 Å². The van der Waals surface area contributed by atoms with E-state index in [2.05, 4.69) is 0 Å². The molecule has 0 aliphatic heterocycles. The van der Waals surface area contributed by atoms with Gasteiger partial charge in [-0.2, -0.15) is 0 Å². The third-order valence-electron chi connectivity index (χ3n) is 2.80. The highest BCUT2D eigenvalue weighted by Crippen LogP contribution is 2.25. The lowest BCUT2D eigenvalue weighted by atomic mass is 9.96. The molecule has 0 aliphatic carbocycles. The van der Waals surface area contributed by atoms with Crippen LogP contribution in [0.2, 0.25) is 10.0 Å². The predicted octanol–water partition coefficient (Wildman–Crippen LogP) is 4.35. The average molecular weight is 266 g/mol. The van der Waals surface area contributed by atoms with Gasteiger partial charge in [-0.1, -0.05) is 41.4 Å². The molecule has 0 aromatic heterocycles. The Hall–Kier alpha value is -1.02. The van der Waals surface area contributed by atoms with Gasteiger partial charge in [-0.25, -0.2) is 0 Å². The second kappa shape index (κ2) is 5.09. The number of hydrogen-bond donors (Lipinski definition) is 1. The van der Waals surface area contributed by atoms with Gasteiger partial charge >= 0.3 is 0 Å². The largest absolute Gasteiger partial charge is 0.320 e. The minimum absolute atomic E-state index is 0.149. The molecular formula is C14H13Cl2N. The zero-order valence-corrected chi connectivity index (χ0v) is 11.0. The minimum Gasteiger partial charge on any atom is -0.320 e. The van der Waals surface area contributed by atoms with Crippen LogP contribution in [0.1, 0.15) is 22.7 Å². The maximum Gasteiger partial charge on any atom is 0.0554 e. The first-order valence-electron chi connectivity index (χ1n) is 5.35. The Morgan fingerprint density at radius 1 is 0.941 bits per heavy atom. The number of halogens is 2. The molecule has 17 heavy (non-hydrogen) atoms. The first-order chi connectivity index (χ1) is 8.08. The molecule has 0 radical (unpaired) electrons. The maximum absolute atomic E-state index is 6.23. The second-order valence-electron chi connectivity index (χ2n) is 4.03. The molecule has 0 fully saturated rings. The van der Waals surface area contributed by atoms with Crippen molar-refractivity contribution < 1.29 is 0 Å². The van der Waals surface area contributed by atoms with E-state index in [9.17, 15) is 0 Å². The highest BCUT2D eigenvalue weighted by Gasteiger charge is 2.11. The van der Waals surface area contributed by atoms with Crippen molar-refractivity contribution in [1.82, 2.24) is 0 Å². The topological polar surface area (TPSA) is 26.0 Å². The van der Waals surface area contributed by atoms with Crippen molar-refractivity contribution in [2.75, 3.05) is 0 Å². The van der Waals surface area contributed by atoms with E-state index in [-0.39, 0.29) is 6.04 Å². The van der Waals surface area contributed by atoms with E-state index >= 15 is 0 Å². The summed E-state index contributed by atoms with van der Waals surface area (Å²) in [5.41, 5.74) is 9.45. The number of nitrogens with two attached hydrogens (primary N) is 1. The second-order valence-corrected chi connectivity index (χ2v) is 4.90. The van der Waals surface area contributed by atoms with Crippen LogP contribution < -0.4 is 5.73 Å². The lowest BCUT2D eigenvalue weighted by molar-refractivity contribution is 0.862. The summed E-state index contributed by atoms with van der Waals surface area (Å²) in [6, 6.07) is 13.2. The van der Waals surface area contributed by atoms with Crippen LogP contribution >= 0.6 is 23.2 Å².